The molecule has 32 heavy (non-hydrogen) atoms. The number of aryl methyl sites for hydroxylation is 1. The number of nitrogens with one attached hydrogen (secondary N) is 1. The van der Waals surface area contributed by atoms with Crippen molar-refractivity contribution in [2.75, 3.05) is 36.0 Å². The molecule has 0 saturated carbocycles. The lowest BCUT2D eigenvalue weighted by Gasteiger charge is -2.31. The molecular weight excluding hydrogens is 426 g/mol. The lowest BCUT2D eigenvalue weighted by Crippen LogP contribution is -2.43. The van der Waals surface area contributed by atoms with Crippen LogP contribution in [0.5, 0.6) is 0 Å². The summed E-state index contributed by atoms with van der Waals surface area (Å²) in [5.41, 5.74) is 2.08. The summed E-state index contributed by atoms with van der Waals surface area (Å²) in [6, 6.07) is 8.06. The van der Waals surface area contributed by atoms with E-state index in [0.717, 1.165) is 47.8 Å². The van der Waals surface area contributed by atoms with Crippen LogP contribution >= 0.6 is 11.3 Å². The number of rotatable bonds is 6. The molecule has 10 heteroatoms. The molecule has 5 rings (SSSR count). The summed E-state index contributed by atoms with van der Waals surface area (Å²) < 4.78 is 2.09. The van der Waals surface area contributed by atoms with Crippen molar-refractivity contribution in [3.63, 3.8) is 0 Å². The van der Waals surface area contributed by atoms with E-state index in [0.29, 0.717) is 37.6 Å². The third-order valence-electron chi connectivity index (χ3n) is 6.30. The van der Waals surface area contributed by atoms with E-state index in [1.807, 2.05) is 25.2 Å². The molecule has 2 amide bonds. The Morgan fingerprint density at radius 1 is 1.19 bits per heavy atom. The number of aromatic nitrogens is 4. The van der Waals surface area contributed by atoms with E-state index >= 15 is 0 Å². The molecule has 2 aromatic heterocycles. The Bertz CT molecular complexity index is 1140. The molecule has 9 nitrogen and oxygen atoms in total. The molecule has 0 bridgehead atoms. The van der Waals surface area contributed by atoms with Gasteiger partial charge in [0.15, 0.2) is 0 Å². The highest BCUT2D eigenvalue weighted by Gasteiger charge is 2.30. The Morgan fingerprint density at radius 2 is 2.03 bits per heavy atom. The molecule has 4 heterocycles. The monoisotopic (exact) mass is 453 g/mol. The second kappa shape index (κ2) is 8.85. The fraction of sp³-hybridized carbons (Fsp3) is 0.500. The number of amides is 2. The second-order valence-electron chi connectivity index (χ2n) is 8.42. The van der Waals surface area contributed by atoms with Crippen LogP contribution in [0.1, 0.15) is 31.5 Å². The number of anilines is 2. The average Bonchev–Trinajstić information content (AvgIpc) is 3.53. The number of carbonyl (C=O) groups excluding carboxylic acids is 2. The van der Waals surface area contributed by atoms with Crippen molar-refractivity contribution in [3.8, 4) is 0 Å². The molecule has 1 aromatic carbocycles. The molecule has 1 N–H and O–H groups in total. The van der Waals surface area contributed by atoms with Crippen LogP contribution in [-0.4, -0.2) is 57.7 Å². The molecule has 168 valence electrons. The molecule has 2 saturated heterocycles. The van der Waals surface area contributed by atoms with E-state index in [9.17, 15) is 9.59 Å². The summed E-state index contributed by atoms with van der Waals surface area (Å²) in [5.74, 6) is 1.08. The smallest absolute Gasteiger partial charge is 0.228 e. The van der Waals surface area contributed by atoms with Crippen molar-refractivity contribution in [3.05, 3.63) is 30.1 Å². The van der Waals surface area contributed by atoms with E-state index in [1.54, 1.807) is 4.90 Å². The van der Waals surface area contributed by atoms with Crippen molar-refractivity contribution >= 4 is 44.4 Å². The van der Waals surface area contributed by atoms with Gasteiger partial charge in [-0.3, -0.25) is 14.5 Å². The zero-order chi connectivity index (χ0) is 22.1. The minimum Gasteiger partial charge on any atom is -0.355 e. The number of hydrogen-bond donors (Lipinski definition) is 1. The van der Waals surface area contributed by atoms with Gasteiger partial charge in [0, 0.05) is 46.1 Å². The zero-order valence-corrected chi connectivity index (χ0v) is 19.0. The molecule has 0 unspecified atom stereocenters. The lowest BCUT2D eigenvalue weighted by molar-refractivity contribution is -0.125. The SMILES string of the molecule is Cn1c(CCNC(=O)[C@H]2CCCN(c3nnc(N4CCCC4=O)s3)C2)nc2ccccc21. The number of fused-ring (bicyclic) bond motifs is 1. The number of carbonyl (C=O) groups is 2. The summed E-state index contributed by atoms with van der Waals surface area (Å²) in [7, 11) is 2.01. The number of hydrogen-bond acceptors (Lipinski definition) is 7. The first-order valence-corrected chi connectivity index (χ1v) is 12.0. The van der Waals surface area contributed by atoms with E-state index in [4.69, 9.17) is 0 Å². The van der Waals surface area contributed by atoms with Crippen LogP contribution in [0.25, 0.3) is 11.0 Å². The molecule has 1 atom stereocenters. The fourth-order valence-corrected chi connectivity index (χ4v) is 5.45. The number of nitrogens with zero attached hydrogens (tertiary/aromatic N) is 6. The van der Waals surface area contributed by atoms with Crippen LogP contribution in [0.2, 0.25) is 0 Å². The number of imidazole rings is 1. The van der Waals surface area contributed by atoms with Crippen molar-refractivity contribution < 1.29 is 9.59 Å². The maximum absolute atomic E-state index is 12.8. The van der Waals surface area contributed by atoms with Gasteiger partial charge in [-0.2, -0.15) is 0 Å². The Labute approximate surface area is 190 Å². The van der Waals surface area contributed by atoms with E-state index in [1.165, 1.54) is 11.3 Å². The summed E-state index contributed by atoms with van der Waals surface area (Å²) in [6.07, 6.45) is 3.94. The van der Waals surface area contributed by atoms with Gasteiger partial charge in [0.1, 0.15) is 5.82 Å². The van der Waals surface area contributed by atoms with Crippen LogP contribution in [0.4, 0.5) is 10.3 Å². The predicted molar refractivity (Wildman–Crippen MR) is 124 cm³/mol. The maximum atomic E-state index is 12.8. The van der Waals surface area contributed by atoms with Gasteiger partial charge < -0.3 is 14.8 Å². The number of benzene rings is 1. The summed E-state index contributed by atoms with van der Waals surface area (Å²) >= 11 is 1.44. The van der Waals surface area contributed by atoms with E-state index < -0.39 is 0 Å². The molecule has 0 spiro atoms. The quantitative estimate of drug-likeness (QED) is 0.614. The first-order valence-electron chi connectivity index (χ1n) is 11.2. The van der Waals surface area contributed by atoms with E-state index in [-0.39, 0.29) is 17.7 Å². The van der Waals surface area contributed by atoms with Crippen LogP contribution in [0.3, 0.4) is 0 Å². The largest absolute Gasteiger partial charge is 0.355 e. The molecule has 2 aliphatic heterocycles. The molecule has 3 aromatic rings. The van der Waals surface area contributed by atoms with Crippen LogP contribution in [-0.2, 0) is 23.1 Å². The number of piperidine rings is 1. The predicted octanol–water partition coefficient (Wildman–Crippen LogP) is 2.13. The lowest BCUT2D eigenvalue weighted by atomic mass is 9.97. The highest BCUT2D eigenvalue weighted by atomic mass is 32.1. The van der Waals surface area contributed by atoms with Crippen LogP contribution < -0.4 is 15.1 Å². The first kappa shape index (κ1) is 20.9. The topological polar surface area (TPSA) is 96.3 Å². The summed E-state index contributed by atoms with van der Waals surface area (Å²) in [6.45, 7) is 2.75. The van der Waals surface area contributed by atoms with Gasteiger partial charge in [-0.1, -0.05) is 23.5 Å². The standard InChI is InChI=1S/C22H27N7O2S/c1-27-17-8-3-2-7-16(17)24-18(27)10-11-23-20(31)15-6-4-12-28(14-15)21-25-26-22(32-21)29-13-5-9-19(29)30/h2-3,7-8,15H,4-6,9-14H2,1H3,(H,23,31)/t15-/m0/s1. The summed E-state index contributed by atoms with van der Waals surface area (Å²) in [5, 5.41) is 13.1. The zero-order valence-electron chi connectivity index (χ0n) is 18.2. The molecule has 0 aliphatic carbocycles. The van der Waals surface area contributed by atoms with Gasteiger partial charge in [-0.05, 0) is 31.4 Å². The highest BCUT2D eigenvalue weighted by molar-refractivity contribution is 7.19. The second-order valence-corrected chi connectivity index (χ2v) is 9.35. The van der Waals surface area contributed by atoms with Gasteiger partial charge in [0.2, 0.25) is 22.1 Å². The van der Waals surface area contributed by atoms with Crippen molar-refractivity contribution in [2.24, 2.45) is 13.0 Å². The highest BCUT2D eigenvalue weighted by Crippen LogP contribution is 2.32. The Hall–Kier alpha value is -3.01. The Kier molecular flexibility index (Phi) is 5.77. The minimum atomic E-state index is -0.0787. The average molecular weight is 454 g/mol. The van der Waals surface area contributed by atoms with Crippen molar-refractivity contribution in [1.29, 1.82) is 0 Å². The van der Waals surface area contributed by atoms with Gasteiger partial charge in [0.25, 0.3) is 0 Å². The number of para-hydroxylation sites is 2. The van der Waals surface area contributed by atoms with Gasteiger partial charge in [0.05, 0.1) is 17.0 Å². The maximum Gasteiger partial charge on any atom is 0.228 e. The molecular formula is C22H27N7O2S. The van der Waals surface area contributed by atoms with Crippen molar-refractivity contribution in [2.45, 2.75) is 32.1 Å². The van der Waals surface area contributed by atoms with Crippen molar-refractivity contribution in [1.82, 2.24) is 25.1 Å². The van der Waals surface area contributed by atoms with Crippen LogP contribution in [0.15, 0.2) is 24.3 Å². The van der Waals surface area contributed by atoms with Crippen LogP contribution in [0, 0.1) is 5.92 Å². The first-order chi connectivity index (χ1) is 15.6. The third kappa shape index (κ3) is 4.06. The normalized spacial score (nSPS) is 19.2. The molecule has 0 radical (unpaired) electrons. The summed E-state index contributed by atoms with van der Waals surface area (Å²) in [4.78, 5) is 33.3. The molecule has 2 aliphatic rings. The van der Waals surface area contributed by atoms with Gasteiger partial charge in [-0.15, -0.1) is 10.2 Å². The van der Waals surface area contributed by atoms with Gasteiger partial charge >= 0.3 is 0 Å². The van der Waals surface area contributed by atoms with Gasteiger partial charge in [-0.25, -0.2) is 4.98 Å². The Balaban J connectivity index is 1.16. The third-order valence-corrected chi connectivity index (χ3v) is 7.31. The van der Waals surface area contributed by atoms with E-state index in [2.05, 4.69) is 36.0 Å². The molecule has 2 fully saturated rings. The Morgan fingerprint density at radius 3 is 2.84 bits per heavy atom. The fourth-order valence-electron chi connectivity index (χ4n) is 4.52. The minimum absolute atomic E-state index is 0.0768.